The number of amides is 1. The van der Waals surface area contributed by atoms with Gasteiger partial charge in [-0.15, -0.1) is 0 Å². The SMILES string of the molecule is C[C@]12CCCC[C@@H]1[C@H]2C(=O)N/N=C\c1cc(I)c(OCc2ccc(Br)cc2)c(I)c1. The molecule has 3 atom stereocenters. The van der Waals surface area contributed by atoms with E-state index >= 15 is 0 Å². The molecule has 0 aliphatic heterocycles. The highest BCUT2D eigenvalue weighted by Crippen LogP contribution is 2.66. The number of nitrogens with zero attached hydrogens (tertiary/aromatic N) is 1. The first-order chi connectivity index (χ1) is 14.4. The minimum Gasteiger partial charge on any atom is -0.487 e. The molecule has 0 spiro atoms. The molecule has 2 aromatic carbocycles. The monoisotopic (exact) mass is 692 g/mol. The van der Waals surface area contributed by atoms with Crippen molar-refractivity contribution in [1.82, 2.24) is 5.43 Å². The Bertz CT molecular complexity index is 957. The Morgan fingerprint density at radius 3 is 2.60 bits per heavy atom. The third-order valence-electron chi connectivity index (χ3n) is 6.32. The average molecular weight is 693 g/mol. The third-order valence-corrected chi connectivity index (χ3v) is 8.45. The van der Waals surface area contributed by atoms with Crippen LogP contribution in [0.15, 0.2) is 46.0 Å². The van der Waals surface area contributed by atoms with Gasteiger partial charge in [0.1, 0.15) is 12.4 Å². The van der Waals surface area contributed by atoms with Crippen LogP contribution in [0.1, 0.15) is 43.7 Å². The lowest BCUT2D eigenvalue weighted by Gasteiger charge is -2.15. The van der Waals surface area contributed by atoms with Crippen LogP contribution in [0.25, 0.3) is 0 Å². The molecule has 7 heteroatoms. The van der Waals surface area contributed by atoms with Crippen LogP contribution < -0.4 is 10.2 Å². The molecule has 30 heavy (non-hydrogen) atoms. The van der Waals surface area contributed by atoms with Crippen molar-refractivity contribution in [2.24, 2.45) is 22.4 Å². The number of ether oxygens (including phenoxy) is 1. The predicted molar refractivity (Wildman–Crippen MR) is 140 cm³/mol. The predicted octanol–water partition coefficient (Wildman–Crippen LogP) is 6.51. The fourth-order valence-corrected chi connectivity index (χ4v) is 7.01. The van der Waals surface area contributed by atoms with E-state index in [1.807, 2.05) is 36.4 Å². The second kappa shape index (κ2) is 9.44. The Labute approximate surface area is 213 Å². The van der Waals surface area contributed by atoms with Gasteiger partial charge in [0.05, 0.1) is 13.4 Å². The van der Waals surface area contributed by atoms with Gasteiger partial charge in [-0.3, -0.25) is 4.79 Å². The molecule has 0 unspecified atom stereocenters. The smallest absolute Gasteiger partial charge is 0.244 e. The lowest BCUT2D eigenvalue weighted by molar-refractivity contribution is -0.123. The zero-order chi connectivity index (χ0) is 21.3. The van der Waals surface area contributed by atoms with Crippen molar-refractivity contribution < 1.29 is 9.53 Å². The molecule has 158 valence electrons. The molecule has 2 fully saturated rings. The Kier molecular flexibility index (Phi) is 7.08. The normalized spacial score (nSPS) is 25.1. The summed E-state index contributed by atoms with van der Waals surface area (Å²) in [4.78, 5) is 12.5. The van der Waals surface area contributed by atoms with E-state index in [-0.39, 0.29) is 17.2 Å². The van der Waals surface area contributed by atoms with Crippen molar-refractivity contribution in [3.05, 3.63) is 59.1 Å². The van der Waals surface area contributed by atoms with Gasteiger partial charge in [0.25, 0.3) is 0 Å². The minimum atomic E-state index is 0.0690. The van der Waals surface area contributed by atoms with Crippen molar-refractivity contribution >= 4 is 73.2 Å². The minimum absolute atomic E-state index is 0.0690. The maximum absolute atomic E-state index is 12.5. The fourth-order valence-electron chi connectivity index (χ4n) is 4.62. The highest BCUT2D eigenvalue weighted by Gasteiger charge is 2.64. The summed E-state index contributed by atoms with van der Waals surface area (Å²) in [6.07, 6.45) is 6.55. The molecule has 4 nitrogen and oxygen atoms in total. The number of carbonyl (C=O) groups is 1. The number of rotatable bonds is 6. The van der Waals surface area contributed by atoms with E-state index in [2.05, 4.69) is 78.6 Å². The molecule has 2 saturated carbocycles. The van der Waals surface area contributed by atoms with Gasteiger partial charge in [0.2, 0.25) is 5.91 Å². The van der Waals surface area contributed by atoms with Gasteiger partial charge < -0.3 is 4.74 Å². The second-order valence-corrected chi connectivity index (χ2v) is 11.5. The standard InChI is InChI=1S/C23H23BrI2N2O2/c1-23-9-3-2-4-17(23)20(23)22(29)28-27-12-15-10-18(25)21(19(26)11-15)30-13-14-5-7-16(24)8-6-14/h5-8,10-12,17,20H,2-4,9,13H2,1H3,(H,28,29)/b27-12-/t17-,20+,23+/m1/s1. The van der Waals surface area contributed by atoms with Crippen molar-refractivity contribution in [2.75, 3.05) is 0 Å². The van der Waals surface area contributed by atoms with Crippen LogP contribution in [0.2, 0.25) is 0 Å². The first kappa shape index (κ1) is 22.5. The lowest BCUT2D eigenvalue weighted by atomic mass is 9.90. The van der Waals surface area contributed by atoms with Gasteiger partial charge in [0.15, 0.2) is 0 Å². The number of hydrogen-bond donors (Lipinski definition) is 1. The van der Waals surface area contributed by atoms with Crippen LogP contribution in [0.5, 0.6) is 5.75 Å². The number of halogens is 3. The van der Waals surface area contributed by atoms with Crippen LogP contribution in [0.4, 0.5) is 0 Å². The second-order valence-electron chi connectivity index (χ2n) is 8.30. The molecule has 0 bridgehead atoms. The summed E-state index contributed by atoms with van der Waals surface area (Å²) in [7, 11) is 0. The van der Waals surface area contributed by atoms with E-state index in [1.165, 1.54) is 19.3 Å². The van der Waals surface area contributed by atoms with Crippen LogP contribution in [-0.2, 0) is 11.4 Å². The maximum atomic E-state index is 12.5. The zero-order valence-electron chi connectivity index (χ0n) is 16.6. The number of benzene rings is 2. The Morgan fingerprint density at radius 1 is 1.27 bits per heavy atom. The number of nitrogens with one attached hydrogen (secondary N) is 1. The van der Waals surface area contributed by atoms with Crippen molar-refractivity contribution in [3.63, 3.8) is 0 Å². The Balaban J connectivity index is 1.36. The molecular weight excluding hydrogens is 670 g/mol. The number of fused-ring (bicyclic) bond motifs is 1. The number of hydrazone groups is 1. The largest absolute Gasteiger partial charge is 0.487 e. The van der Waals surface area contributed by atoms with E-state index in [0.29, 0.717) is 12.5 Å². The molecule has 2 aliphatic rings. The Hall–Kier alpha value is -0.680. The molecular formula is C23H23BrI2N2O2. The highest BCUT2D eigenvalue weighted by molar-refractivity contribution is 14.1. The molecule has 1 amide bonds. The molecule has 0 heterocycles. The zero-order valence-corrected chi connectivity index (χ0v) is 22.5. The van der Waals surface area contributed by atoms with Gasteiger partial charge in [0, 0.05) is 10.4 Å². The van der Waals surface area contributed by atoms with E-state index in [9.17, 15) is 4.79 Å². The molecule has 1 N–H and O–H groups in total. The number of hydrogen-bond acceptors (Lipinski definition) is 3. The summed E-state index contributed by atoms with van der Waals surface area (Å²) in [5, 5.41) is 4.23. The van der Waals surface area contributed by atoms with Gasteiger partial charge in [-0.2, -0.15) is 5.10 Å². The summed E-state index contributed by atoms with van der Waals surface area (Å²) in [5.41, 5.74) is 5.04. The maximum Gasteiger partial charge on any atom is 0.244 e. The molecule has 0 aromatic heterocycles. The third kappa shape index (κ3) is 4.87. The van der Waals surface area contributed by atoms with Gasteiger partial charge in [-0.1, -0.05) is 47.8 Å². The molecule has 2 aromatic rings. The van der Waals surface area contributed by atoms with Gasteiger partial charge in [-0.25, -0.2) is 5.43 Å². The van der Waals surface area contributed by atoms with E-state index in [0.717, 1.165) is 34.9 Å². The lowest BCUT2D eigenvalue weighted by Crippen LogP contribution is -2.22. The van der Waals surface area contributed by atoms with E-state index in [1.54, 1.807) is 6.21 Å². The van der Waals surface area contributed by atoms with Gasteiger partial charge >= 0.3 is 0 Å². The average Bonchev–Trinajstić information content (AvgIpc) is 3.34. The van der Waals surface area contributed by atoms with Gasteiger partial charge in [-0.05, 0) is 105 Å². The summed E-state index contributed by atoms with van der Waals surface area (Å²) in [6, 6.07) is 12.2. The first-order valence-corrected chi connectivity index (χ1v) is 13.0. The molecule has 4 rings (SSSR count). The van der Waals surface area contributed by atoms with Crippen LogP contribution in [-0.4, -0.2) is 12.1 Å². The topological polar surface area (TPSA) is 50.7 Å². The fraction of sp³-hybridized carbons (Fsp3) is 0.391. The van der Waals surface area contributed by atoms with Crippen molar-refractivity contribution in [3.8, 4) is 5.75 Å². The molecule has 2 aliphatic carbocycles. The van der Waals surface area contributed by atoms with Crippen molar-refractivity contribution in [2.45, 2.75) is 39.2 Å². The summed E-state index contributed by atoms with van der Waals surface area (Å²) < 4.78 is 9.15. The Morgan fingerprint density at radius 2 is 1.97 bits per heavy atom. The summed E-state index contributed by atoms with van der Waals surface area (Å²) in [6.45, 7) is 2.77. The van der Waals surface area contributed by atoms with Crippen molar-refractivity contribution in [1.29, 1.82) is 0 Å². The first-order valence-electron chi connectivity index (χ1n) is 10.1. The van der Waals surface area contributed by atoms with Crippen LogP contribution in [0.3, 0.4) is 0 Å². The summed E-state index contributed by atoms with van der Waals surface area (Å²) in [5.74, 6) is 1.62. The molecule has 0 radical (unpaired) electrons. The quantitative estimate of drug-likeness (QED) is 0.213. The molecule has 0 saturated heterocycles. The summed E-state index contributed by atoms with van der Waals surface area (Å²) >= 11 is 8.02. The number of carbonyl (C=O) groups excluding carboxylic acids is 1. The van der Waals surface area contributed by atoms with E-state index in [4.69, 9.17) is 4.74 Å². The van der Waals surface area contributed by atoms with E-state index < -0.39 is 0 Å². The van der Waals surface area contributed by atoms with Crippen LogP contribution in [0, 0.1) is 24.4 Å². The highest BCUT2D eigenvalue weighted by atomic mass is 127. The van der Waals surface area contributed by atoms with Crippen LogP contribution >= 0.6 is 61.1 Å².